The van der Waals surface area contributed by atoms with Crippen molar-refractivity contribution in [3.8, 4) is 17.2 Å². The predicted octanol–water partition coefficient (Wildman–Crippen LogP) is 4.46. The Labute approximate surface area is 238 Å². The number of benzene rings is 3. The monoisotopic (exact) mass is 556 g/mol. The van der Waals surface area contributed by atoms with Gasteiger partial charge in [-0.15, -0.1) is 0 Å². The van der Waals surface area contributed by atoms with Gasteiger partial charge in [-0.1, -0.05) is 72.8 Å². The fourth-order valence-corrected chi connectivity index (χ4v) is 4.72. The molecule has 212 valence electrons. The molecule has 3 aromatic rings. The Bertz CT molecular complexity index is 1390. The van der Waals surface area contributed by atoms with Crippen LogP contribution in [0.4, 0.5) is 15.3 Å². The topological polar surface area (TPSA) is 141 Å². The van der Waals surface area contributed by atoms with E-state index in [1.54, 1.807) is 12.1 Å². The van der Waals surface area contributed by atoms with E-state index in [0.717, 1.165) is 27.2 Å². The van der Waals surface area contributed by atoms with Gasteiger partial charge >= 0.3 is 12.2 Å². The quantitative estimate of drug-likeness (QED) is 0.353. The first-order valence-electron chi connectivity index (χ1n) is 13.3. The summed E-state index contributed by atoms with van der Waals surface area (Å²) in [7, 11) is 1.24. The first-order chi connectivity index (χ1) is 19.9. The summed E-state index contributed by atoms with van der Waals surface area (Å²) in [6.07, 6.45) is -1.01. The zero-order chi connectivity index (χ0) is 29.2. The van der Waals surface area contributed by atoms with Crippen LogP contribution in [0.5, 0.6) is 0 Å². The summed E-state index contributed by atoms with van der Waals surface area (Å²) < 4.78 is 10.5. The van der Waals surface area contributed by atoms with Crippen molar-refractivity contribution in [2.75, 3.05) is 25.6 Å². The van der Waals surface area contributed by atoms with Crippen LogP contribution in [0.25, 0.3) is 11.1 Å². The lowest BCUT2D eigenvalue weighted by molar-refractivity contribution is -0.118. The van der Waals surface area contributed by atoms with E-state index >= 15 is 0 Å². The van der Waals surface area contributed by atoms with E-state index in [1.165, 1.54) is 7.11 Å². The lowest BCUT2D eigenvalue weighted by atomic mass is 10.00. The molecule has 1 fully saturated rings. The number of nitrogens with one attached hydrogen (secondary N) is 2. The molecule has 0 aliphatic carbocycles. The summed E-state index contributed by atoms with van der Waals surface area (Å²) in [6.45, 7) is 0.106. The van der Waals surface area contributed by atoms with E-state index in [0.29, 0.717) is 18.5 Å². The summed E-state index contributed by atoms with van der Waals surface area (Å²) in [4.78, 5) is 38.1. The van der Waals surface area contributed by atoms with Crippen LogP contribution in [-0.2, 0) is 27.1 Å². The van der Waals surface area contributed by atoms with Gasteiger partial charge in [-0.05, 0) is 41.2 Å². The van der Waals surface area contributed by atoms with E-state index in [-0.39, 0.29) is 25.7 Å². The first-order valence-corrected chi connectivity index (χ1v) is 13.3. The number of carboxylic acid groups (broad SMARTS) is 1. The van der Waals surface area contributed by atoms with Gasteiger partial charge in [0, 0.05) is 12.1 Å². The second kappa shape index (κ2) is 14.0. The maximum Gasteiger partial charge on any atom is 0.408 e. The molecule has 41 heavy (non-hydrogen) atoms. The standard InChI is InChI=1S/C31H32N4O6/c1-40-30(37)34-28(17-21-11-13-23(14-12-21)22-7-3-2-4-8-22)29(36)33-27-10-6-5-9-24(27)15-16-26-19-35(31(38)39)25(18-32)20-41-26/h2-14,25-26,28H,15-17,19-20H2,1H3,(H,33,36)(H,34,37)(H,38,39)/t25-,26-,28+/m1/s1. The number of aryl methyl sites for hydroxylation is 1. The third-order valence-electron chi connectivity index (χ3n) is 6.97. The zero-order valence-corrected chi connectivity index (χ0v) is 22.7. The number of hydrogen-bond donors (Lipinski definition) is 3. The minimum Gasteiger partial charge on any atom is -0.465 e. The second-order valence-electron chi connectivity index (χ2n) is 9.68. The number of ether oxygens (including phenoxy) is 2. The van der Waals surface area contributed by atoms with Crippen LogP contribution < -0.4 is 10.6 Å². The Hall–Kier alpha value is -4.88. The van der Waals surface area contributed by atoms with Crippen LogP contribution in [0, 0.1) is 11.3 Å². The minimum atomic E-state index is -1.16. The smallest absolute Gasteiger partial charge is 0.408 e. The third kappa shape index (κ3) is 7.84. The molecule has 1 aliphatic rings. The molecule has 3 N–H and O–H groups in total. The number of nitriles is 1. The Morgan fingerprint density at radius 1 is 1.05 bits per heavy atom. The molecule has 0 radical (unpaired) electrons. The normalized spacial score (nSPS) is 17.1. The highest BCUT2D eigenvalue weighted by atomic mass is 16.5. The van der Waals surface area contributed by atoms with E-state index in [2.05, 4.69) is 10.6 Å². The van der Waals surface area contributed by atoms with Gasteiger partial charge in [0.15, 0.2) is 0 Å². The SMILES string of the molecule is COC(=O)N[C@@H](Cc1ccc(-c2ccccc2)cc1)C(=O)Nc1ccccc1CC[C@@H]1CN(C(=O)O)[C@H](C#N)CO1. The Morgan fingerprint density at radius 2 is 1.73 bits per heavy atom. The Kier molecular flexibility index (Phi) is 9.91. The van der Waals surface area contributed by atoms with Crippen molar-refractivity contribution in [2.45, 2.75) is 37.5 Å². The summed E-state index contributed by atoms with van der Waals surface area (Å²) in [5.74, 6) is -0.405. The maximum absolute atomic E-state index is 13.4. The second-order valence-corrected chi connectivity index (χ2v) is 9.68. The third-order valence-corrected chi connectivity index (χ3v) is 6.97. The van der Waals surface area contributed by atoms with Gasteiger partial charge in [0.05, 0.1) is 32.4 Å². The number of hydrogen-bond acceptors (Lipinski definition) is 6. The zero-order valence-electron chi connectivity index (χ0n) is 22.7. The van der Waals surface area contributed by atoms with Gasteiger partial charge in [-0.25, -0.2) is 9.59 Å². The van der Waals surface area contributed by atoms with Crippen molar-refractivity contribution in [1.82, 2.24) is 10.2 Å². The van der Waals surface area contributed by atoms with E-state index in [9.17, 15) is 24.8 Å². The van der Waals surface area contributed by atoms with Crippen molar-refractivity contribution in [1.29, 1.82) is 5.26 Å². The molecule has 1 aliphatic heterocycles. The number of nitrogens with zero attached hydrogens (tertiary/aromatic N) is 2. The molecule has 3 aromatic carbocycles. The molecule has 0 aromatic heterocycles. The molecule has 0 bridgehead atoms. The van der Waals surface area contributed by atoms with Gasteiger partial charge in [-0.2, -0.15) is 5.26 Å². The fraction of sp³-hybridized carbons (Fsp3) is 0.290. The summed E-state index contributed by atoms with van der Waals surface area (Å²) in [6, 6.07) is 25.3. The van der Waals surface area contributed by atoms with Crippen LogP contribution >= 0.6 is 0 Å². The average molecular weight is 557 g/mol. The van der Waals surface area contributed by atoms with Crippen LogP contribution in [-0.4, -0.2) is 66.5 Å². The van der Waals surface area contributed by atoms with Crippen LogP contribution in [0.1, 0.15) is 17.5 Å². The largest absolute Gasteiger partial charge is 0.465 e. The molecule has 0 unspecified atom stereocenters. The van der Waals surface area contributed by atoms with Crippen molar-refractivity contribution in [3.63, 3.8) is 0 Å². The van der Waals surface area contributed by atoms with Gasteiger partial charge < -0.3 is 25.2 Å². The van der Waals surface area contributed by atoms with Crippen molar-refractivity contribution in [3.05, 3.63) is 90.0 Å². The fourth-order valence-electron chi connectivity index (χ4n) is 4.72. The average Bonchev–Trinajstić information content (AvgIpc) is 3.00. The van der Waals surface area contributed by atoms with Gasteiger partial charge in [0.1, 0.15) is 12.1 Å². The van der Waals surface area contributed by atoms with Gasteiger partial charge in [0.25, 0.3) is 0 Å². The highest BCUT2D eigenvalue weighted by Gasteiger charge is 2.32. The summed E-state index contributed by atoms with van der Waals surface area (Å²) >= 11 is 0. The lowest BCUT2D eigenvalue weighted by Gasteiger charge is -2.34. The molecule has 0 spiro atoms. The van der Waals surface area contributed by atoms with E-state index < -0.39 is 30.2 Å². The lowest BCUT2D eigenvalue weighted by Crippen LogP contribution is -2.51. The number of amides is 3. The molecule has 3 atom stereocenters. The molecule has 10 heteroatoms. The number of anilines is 1. The number of carbonyl (C=O) groups is 3. The minimum absolute atomic E-state index is 0.0130. The van der Waals surface area contributed by atoms with Crippen molar-refractivity contribution < 1.29 is 29.0 Å². The highest BCUT2D eigenvalue weighted by Crippen LogP contribution is 2.23. The highest BCUT2D eigenvalue weighted by molar-refractivity contribution is 5.97. The number of carbonyl (C=O) groups excluding carboxylic acids is 2. The molecule has 1 saturated heterocycles. The number of methoxy groups -OCH3 is 1. The molecule has 10 nitrogen and oxygen atoms in total. The first kappa shape index (κ1) is 29.1. The molecule has 1 heterocycles. The molecule has 4 rings (SSSR count). The number of para-hydroxylation sites is 1. The number of alkyl carbamates (subject to hydrolysis) is 1. The van der Waals surface area contributed by atoms with Crippen LogP contribution in [0.2, 0.25) is 0 Å². The van der Waals surface area contributed by atoms with E-state index in [1.807, 2.05) is 72.8 Å². The predicted molar refractivity (Wildman–Crippen MR) is 152 cm³/mol. The van der Waals surface area contributed by atoms with Gasteiger partial charge in [-0.3, -0.25) is 9.69 Å². The summed E-state index contributed by atoms with van der Waals surface area (Å²) in [5, 5.41) is 24.2. The molecular formula is C31H32N4O6. The van der Waals surface area contributed by atoms with E-state index in [4.69, 9.17) is 9.47 Å². The van der Waals surface area contributed by atoms with Crippen molar-refractivity contribution in [2.24, 2.45) is 0 Å². The Morgan fingerprint density at radius 3 is 2.41 bits per heavy atom. The number of morpholine rings is 1. The molecule has 0 saturated carbocycles. The maximum atomic E-state index is 13.4. The summed E-state index contributed by atoms with van der Waals surface area (Å²) in [5.41, 5.74) is 4.40. The number of rotatable bonds is 9. The van der Waals surface area contributed by atoms with Crippen LogP contribution in [0.15, 0.2) is 78.9 Å². The molecule has 3 amide bonds. The molecular weight excluding hydrogens is 524 g/mol. The Balaban J connectivity index is 1.43. The van der Waals surface area contributed by atoms with Crippen LogP contribution in [0.3, 0.4) is 0 Å². The van der Waals surface area contributed by atoms with Gasteiger partial charge in [0.2, 0.25) is 5.91 Å². The van der Waals surface area contributed by atoms with Crippen molar-refractivity contribution >= 4 is 23.8 Å².